The van der Waals surface area contributed by atoms with Gasteiger partial charge < -0.3 is 20.1 Å². The number of aliphatic hydroxyl groups excluding tert-OH is 1. The van der Waals surface area contributed by atoms with Crippen molar-refractivity contribution in [2.45, 2.75) is 187 Å². The molecule has 67 heavy (non-hydrogen) atoms. The predicted octanol–water partition coefficient (Wildman–Crippen LogP) is 15.4. The van der Waals surface area contributed by atoms with Crippen LogP contribution in [0.4, 0.5) is 0 Å². The third-order valence-electron chi connectivity index (χ3n) is 10.1. The molecule has 3 N–H and O–H groups in total. The summed E-state index contributed by atoms with van der Waals surface area (Å²) in [4.78, 5) is 34.1. The van der Waals surface area contributed by atoms with E-state index in [1.165, 1.54) is 19.3 Å². The molecule has 2 unspecified atom stereocenters. The Hall–Kier alpha value is -3.85. The highest BCUT2D eigenvalue weighted by molar-refractivity contribution is 7.47. The molecule has 0 aliphatic heterocycles. The number of rotatable bonds is 46. The number of unbranched alkanes of at least 4 members (excludes halogenated alkanes) is 11. The molecule has 0 bridgehead atoms. The van der Waals surface area contributed by atoms with Crippen molar-refractivity contribution >= 4 is 19.7 Å². The van der Waals surface area contributed by atoms with Crippen LogP contribution in [0.2, 0.25) is 0 Å². The zero-order valence-corrected chi connectivity index (χ0v) is 42.7. The predicted molar refractivity (Wildman–Crippen MR) is 284 cm³/mol. The molecule has 0 rings (SSSR count). The lowest BCUT2D eigenvalue weighted by Gasteiger charge is -2.15. The standard InChI is InChI=1S/C57H92NO8P/c1-3-5-7-9-11-13-15-17-19-21-23-25-27-29-31-33-35-37-39-41-43-45-47-49-56(60)58-51-52-65-67(62,63)66-54-55(59)53-64-57(61)50-48-46-44-42-40-38-36-34-32-30-28-26-24-22-20-18-16-14-12-10-8-6-4-2/h5-8,11-14,17-20,23-26,29-32,36,38,55,59H,3-4,9-10,15-16,21-22,27-28,33-35,37,39-54H2,1-2H3,(H,58,60)(H,62,63)/b7-5-,8-6-,13-11-,14-12-,19-17-,20-18-,25-23-,26-24-,31-29-,32-30-,38-36-. The number of carbonyl (C=O) groups is 2. The monoisotopic (exact) mass is 950 g/mol. The van der Waals surface area contributed by atoms with Crippen molar-refractivity contribution in [3.05, 3.63) is 134 Å². The van der Waals surface area contributed by atoms with E-state index in [-0.39, 0.29) is 32.1 Å². The molecule has 10 heteroatoms. The molecule has 0 radical (unpaired) electrons. The molecular formula is C57H92NO8P. The number of aliphatic hydroxyl groups is 1. The number of phosphoric acid groups is 1. The van der Waals surface area contributed by atoms with Gasteiger partial charge in [-0.25, -0.2) is 4.57 Å². The summed E-state index contributed by atoms with van der Waals surface area (Å²) in [5.41, 5.74) is 0. The van der Waals surface area contributed by atoms with Crippen LogP contribution in [0.15, 0.2) is 134 Å². The molecule has 1 amide bonds. The first-order valence-corrected chi connectivity index (χ1v) is 27.2. The molecule has 0 saturated carbocycles. The first kappa shape index (κ1) is 63.1. The summed E-state index contributed by atoms with van der Waals surface area (Å²) in [5.74, 6) is -0.563. The fourth-order valence-corrected chi connectivity index (χ4v) is 7.05. The number of esters is 1. The Kier molecular flexibility index (Phi) is 48.6. The van der Waals surface area contributed by atoms with E-state index in [1.54, 1.807) is 0 Å². The summed E-state index contributed by atoms with van der Waals surface area (Å²) in [6.45, 7) is 3.26. The lowest BCUT2D eigenvalue weighted by atomic mass is 10.1. The van der Waals surface area contributed by atoms with Crippen molar-refractivity contribution in [2.75, 3.05) is 26.4 Å². The van der Waals surface area contributed by atoms with Crippen LogP contribution in [0.3, 0.4) is 0 Å². The van der Waals surface area contributed by atoms with Crippen LogP contribution in [-0.2, 0) is 27.9 Å². The Morgan fingerprint density at radius 2 is 0.806 bits per heavy atom. The molecule has 0 spiro atoms. The van der Waals surface area contributed by atoms with Gasteiger partial charge in [-0.1, -0.05) is 192 Å². The van der Waals surface area contributed by atoms with Crippen LogP contribution in [-0.4, -0.2) is 54.3 Å². The molecule has 9 nitrogen and oxygen atoms in total. The van der Waals surface area contributed by atoms with Gasteiger partial charge in [-0.15, -0.1) is 0 Å². The van der Waals surface area contributed by atoms with Crippen LogP contribution in [0.5, 0.6) is 0 Å². The number of amides is 1. The average molecular weight is 950 g/mol. The van der Waals surface area contributed by atoms with Gasteiger partial charge in [0.25, 0.3) is 0 Å². The lowest BCUT2D eigenvalue weighted by Crippen LogP contribution is -2.27. The summed E-state index contributed by atoms with van der Waals surface area (Å²) in [6, 6.07) is 0. The highest BCUT2D eigenvalue weighted by Gasteiger charge is 2.23. The van der Waals surface area contributed by atoms with Crippen LogP contribution in [0, 0.1) is 0 Å². The van der Waals surface area contributed by atoms with E-state index < -0.39 is 26.5 Å². The quantitative estimate of drug-likeness (QED) is 0.0238. The minimum atomic E-state index is -4.45. The number of phosphoric ester groups is 1. The maximum atomic E-state index is 12.2. The van der Waals surface area contributed by atoms with E-state index in [0.29, 0.717) is 12.8 Å². The zero-order chi connectivity index (χ0) is 48.8. The van der Waals surface area contributed by atoms with Crippen molar-refractivity contribution in [1.29, 1.82) is 0 Å². The van der Waals surface area contributed by atoms with E-state index in [4.69, 9.17) is 13.8 Å². The van der Waals surface area contributed by atoms with Gasteiger partial charge in [0.2, 0.25) is 5.91 Å². The van der Waals surface area contributed by atoms with Crippen molar-refractivity contribution in [3.8, 4) is 0 Å². The summed E-state index contributed by atoms with van der Waals surface area (Å²) >= 11 is 0. The molecule has 0 aromatic rings. The normalized spacial score (nSPS) is 14.3. The zero-order valence-electron chi connectivity index (χ0n) is 41.8. The van der Waals surface area contributed by atoms with E-state index in [0.717, 1.165) is 128 Å². The Labute approximate surface area is 408 Å². The van der Waals surface area contributed by atoms with Crippen LogP contribution >= 0.6 is 7.82 Å². The van der Waals surface area contributed by atoms with E-state index in [2.05, 4.69) is 153 Å². The first-order valence-electron chi connectivity index (χ1n) is 25.7. The minimum Gasteiger partial charge on any atom is -0.463 e. The Balaban J connectivity index is 3.68. The van der Waals surface area contributed by atoms with Gasteiger partial charge in [0.15, 0.2) is 0 Å². The molecule has 0 aromatic heterocycles. The Bertz CT molecular complexity index is 1550. The number of carbonyl (C=O) groups excluding carboxylic acids is 2. The highest BCUT2D eigenvalue weighted by Crippen LogP contribution is 2.42. The SMILES string of the molecule is CC/C=C\C/C=C\C/C=C\C/C=C\C/C=C\C/C=C\CCCCCCC(=O)OCC(O)COP(=O)(O)OCCNC(=O)CCCCCCCCC/C=C\C/C=C\C/C=C\C/C=C\C/C=C\CC. The smallest absolute Gasteiger partial charge is 0.463 e. The number of nitrogens with one attached hydrogen (secondary N) is 1. The summed E-state index contributed by atoms with van der Waals surface area (Å²) < 4.78 is 27.0. The molecule has 0 heterocycles. The third kappa shape index (κ3) is 53.0. The fourth-order valence-electron chi connectivity index (χ4n) is 6.29. The third-order valence-corrected chi connectivity index (χ3v) is 11.1. The Morgan fingerprint density at radius 3 is 1.21 bits per heavy atom. The van der Waals surface area contributed by atoms with Gasteiger partial charge in [0, 0.05) is 19.4 Å². The fraction of sp³-hybridized carbons (Fsp3) is 0.579. The largest absolute Gasteiger partial charge is 0.472 e. The average Bonchev–Trinajstić information content (AvgIpc) is 3.32. The highest BCUT2D eigenvalue weighted by atomic mass is 31.2. The minimum absolute atomic E-state index is 0.0628. The molecule has 0 fully saturated rings. The van der Waals surface area contributed by atoms with Gasteiger partial charge in [-0.3, -0.25) is 18.6 Å². The summed E-state index contributed by atoms with van der Waals surface area (Å²) in [6.07, 6.45) is 72.4. The van der Waals surface area contributed by atoms with Gasteiger partial charge in [-0.2, -0.15) is 0 Å². The summed E-state index contributed by atoms with van der Waals surface area (Å²) in [5, 5.41) is 12.7. The second-order valence-corrected chi connectivity index (χ2v) is 17.8. The van der Waals surface area contributed by atoms with Crippen LogP contribution < -0.4 is 5.32 Å². The molecule has 378 valence electrons. The van der Waals surface area contributed by atoms with Gasteiger partial charge in [0.1, 0.15) is 12.7 Å². The maximum absolute atomic E-state index is 12.2. The first-order chi connectivity index (χ1) is 32.8. The molecule has 2 atom stereocenters. The number of hydrogen-bond donors (Lipinski definition) is 3. The maximum Gasteiger partial charge on any atom is 0.472 e. The van der Waals surface area contributed by atoms with Crippen molar-refractivity contribution in [3.63, 3.8) is 0 Å². The van der Waals surface area contributed by atoms with Gasteiger partial charge in [0.05, 0.1) is 13.2 Å². The summed E-state index contributed by atoms with van der Waals surface area (Å²) in [7, 11) is -4.45. The van der Waals surface area contributed by atoms with E-state index in [1.807, 2.05) is 0 Å². The number of ether oxygens (including phenoxy) is 1. The molecule has 0 aromatic carbocycles. The van der Waals surface area contributed by atoms with Gasteiger partial charge in [-0.05, 0) is 109 Å². The van der Waals surface area contributed by atoms with Crippen molar-refractivity contribution < 1.29 is 37.9 Å². The van der Waals surface area contributed by atoms with Crippen molar-refractivity contribution in [1.82, 2.24) is 5.32 Å². The number of allylic oxidation sites excluding steroid dienone is 22. The second kappa shape index (κ2) is 51.5. The van der Waals surface area contributed by atoms with E-state index in [9.17, 15) is 24.2 Å². The topological polar surface area (TPSA) is 131 Å². The lowest BCUT2D eigenvalue weighted by molar-refractivity contribution is -0.147. The molecule has 0 aliphatic rings. The van der Waals surface area contributed by atoms with Crippen LogP contribution in [0.1, 0.15) is 181 Å². The molecule has 0 aliphatic carbocycles. The van der Waals surface area contributed by atoms with Crippen LogP contribution in [0.25, 0.3) is 0 Å². The molecular weight excluding hydrogens is 858 g/mol. The van der Waals surface area contributed by atoms with E-state index >= 15 is 0 Å². The second-order valence-electron chi connectivity index (χ2n) is 16.4. The Morgan fingerprint density at radius 1 is 0.463 bits per heavy atom. The van der Waals surface area contributed by atoms with Crippen molar-refractivity contribution in [2.24, 2.45) is 0 Å². The molecule has 0 saturated heterocycles. The van der Waals surface area contributed by atoms with Gasteiger partial charge >= 0.3 is 13.8 Å². The number of hydrogen-bond acceptors (Lipinski definition) is 7.